The lowest BCUT2D eigenvalue weighted by molar-refractivity contribution is 0.185. The molecule has 0 heterocycles. The van der Waals surface area contributed by atoms with Crippen molar-refractivity contribution < 1.29 is 9.47 Å². The molecule has 0 amide bonds. The predicted molar refractivity (Wildman–Crippen MR) is 82.2 cm³/mol. The summed E-state index contributed by atoms with van der Waals surface area (Å²) in [6, 6.07) is 14.4. The summed E-state index contributed by atoms with van der Waals surface area (Å²) >= 11 is 0. The third-order valence-electron chi connectivity index (χ3n) is 3.26. The molecule has 0 saturated heterocycles. The van der Waals surface area contributed by atoms with Crippen molar-refractivity contribution in [1.82, 2.24) is 0 Å². The summed E-state index contributed by atoms with van der Waals surface area (Å²) in [7, 11) is 3.41. The molecule has 0 aliphatic rings. The molecule has 2 aromatic rings. The number of benzene rings is 2. The second-order valence-corrected chi connectivity index (χ2v) is 4.75. The molecule has 0 fully saturated rings. The second kappa shape index (κ2) is 6.96. The molecule has 0 aliphatic heterocycles. The third-order valence-corrected chi connectivity index (χ3v) is 3.26. The number of aryl methyl sites for hydroxylation is 1. The Labute approximate surface area is 120 Å². The number of para-hydroxylation sites is 1. The van der Waals surface area contributed by atoms with Gasteiger partial charge in [-0.05, 0) is 30.2 Å². The molecule has 0 atom stereocenters. The molecule has 0 bridgehead atoms. The number of methoxy groups -OCH3 is 2. The van der Waals surface area contributed by atoms with E-state index in [0.717, 1.165) is 23.5 Å². The Morgan fingerprint density at radius 1 is 1.05 bits per heavy atom. The molecule has 0 saturated carbocycles. The predicted octanol–water partition coefficient (Wildman–Crippen LogP) is 3.76. The van der Waals surface area contributed by atoms with E-state index in [1.807, 2.05) is 18.2 Å². The summed E-state index contributed by atoms with van der Waals surface area (Å²) in [5.74, 6) is 0.925. The highest BCUT2D eigenvalue weighted by Gasteiger charge is 2.03. The van der Waals surface area contributed by atoms with Crippen molar-refractivity contribution in [2.24, 2.45) is 0 Å². The molecule has 0 aliphatic carbocycles. The monoisotopic (exact) mass is 271 g/mol. The van der Waals surface area contributed by atoms with Crippen molar-refractivity contribution in [2.75, 3.05) is 19.5 Å². The van der Waals surface area contributed by atoms with E-state index in [1.54, 1.807) is 14.2 Å². The van der Waals surface area contributed by atoms with E-state index in [0.29, 0.717) is 6.61 Å². The molecule has 3 nitrogen and oxygen atoms in total. The molecule has 2 rings (SSSR count). The smallest absolute Gasteiger partial charge is 0.121 e. The highest BCUT2D eigenvalue weighted by molar-refractivity contribution is 5.51. The first-order valence-electron chi connectivity index (χ1n) is 6.69. The van der Waals surface area contributed by atoms with Gasteiger partial charge in [0, 0.05) is 24.9 Å². The van der Waals surface area contributed by atoms with Gasteiger partial charge in [-0.25, -0.2) is 0 Å². The largest absolute Gasteiger partial charge is 0.496 e. The number of hydrogen-bond donors (Lipinski definition) is 1. The first-order valence-corrected chi connectivity index (χ1v) is 6.69. The quantitative estimate of drug-likeness (QED) is 0.867. The Kier molecular flexibility index (Phi) is 5.02. The van der Waals surface area contributed by atoms with E-state index in [4.69, 9.17) is 9.47 Å². The van der Waals surface area contributed by atoms with Gasteiger partial charge in [-0.3, -0.25) is 0 Å². The van der Waals surface area contributed by atoms with Crippen molar-refractivity contribution in [1.29, 1.82) is 0 Å². The lowest BCUT2D eigenvalue weighted by Gasteiger charge is -2.12. The average molecular weight is 271 g/mol. The Balaban J connectivity index is 2.07. The second-order valence-electron chi connectivity index (χ2n) is 4.75. The third kappa shape index (κ3) is 3.52. The molecule has 0 spiro atoms. The zero-order valence-corrected chi connectivity index (χ0v) is 12.3. The van der Waals surface area contributed by atoms with Gasteiger partial charge in [0.2, 0.25) is 0 Å². The number of anilines is 1. The molecule has 2 aromatic carbocycles. The van der Waals surface area contributed by atoms with Crippen LogP contribution >= 0.6 is 0 Å². The fraction of sp³-hybridized carbons (Fsp3) is 0.294. The van der Waals surface area contributed by atoms with Crippen molar-refractivity contribution in [3.63, 3.8) is 0 Å². The van der Waals surface area contributed by atoms with E-state index >= 15 is 0 Å². The molecule has 20 heavy (non-hydrogen) atoms. The van der Waals surface area contributed by atoms with Gasteiger partial charge in [-0.15, -0.1) is 0 Å². The minimum absolute atomic E-state index is 0.616. The van der Waals surface area contributed by atoms with Gasteiger partial charge in [0.1, 0.15) is 5.75 Å². The Morgan fingerprint density at radius 3 is 2.55 bits per heavy atom. The van der Waals surface area contributed by atoms with Crippen LogP contribution in [0.1, 0.15) is 16.7 Å². The zero-order chi connectivity index (χ0) is 14.4. The topological polar surface area (TPSA) is 30.5 Å². The molecule has 3 heteroatoms. The number of nitrogens with one attached hydrogen (secondary N) is 1. The molecular formula is C17H21NO2. The minimum Gasteiger partial charge on any atom is -0.496 e. The summed E-state index contributed by atoms with van der Waals surface area (Å²) in [5, 5.41) is 3.46. The number of ether oxygens (including phenoxy) is 2. The maximum atomic E-state index is 5.28. The van der Waals surface area contributed by atoms with Crippen molar-refractivity contribution in [3.8, 4) is 5.75 Å². The SMILES string of the molecule is COCc1ccccc1NCc1ccc(OC)c(C)c1. The van der Waals surface area contributed by atoms with E-state index in [1.165, 1.54) is 11.1 Å². The van der Waals surface area contributed by atoms with Crippen LogP contribution < -0.4 is 10.1 Å². The van der Waals surface area contributed by atoms with Gasteiger partial charge in [0.15, 0.2) is 0 Å². The first kappa shape index (κ1) is 14.4. The van der Waals surface area contributed by atoms with Crippen LogP contribution in [0.4, 0.5) is 5.69 Å². The van der Waals surface area contributed by atoms with Crippen LogP contribution in [0.25, 0.3) is 0 Å². The summed E-state index contributed by atoms with van der Waals surface area (Å²) in [5.41, 5.74) is 4.66. The van der Waals surface area contributed by atoms with Crippen LogP contribution in [0.15, 0.2) is 42.5 Å². The number of rotatable bonds is 6. The molecule has 1 N–H and O–H groups in total. The Morgan fingerprint density at radius 2 is 1.85 bits per heavy atom. The van der Waals surface area contributed by atoms with Gasteiger partial charge in [0.25, 0.3) is 0 Å². The van der Waals surface area contributed by atoms with Crippen molar-refractivity contribution in [3.05, 3.63) is 59.2 Å². The van der Waals surface area contributed by atoms with Crippen LogP contribution in [0, 0.1) is 6.92 Å². The van der Waals surface area contributed by atoms with Gasteiger partial charge in [-0.2, -0.15) is 0 Å². The van der Waals surface area contributed by atoms with E-state index < -0.39 is 0 Å². The summed E-state index contributed by atoms with van der Waals surface area (Å²) in [4.78, 5) is 0. The van der Waals surface area contributed by atoms with Gasteiger partial charge >= 0.3 is 0 Å². The maximum Gasteiger partial charge on any atom is 0.121 e. The van der Waals surface area contributed by atoms with Crippen molar-refractivity contribution >= 4 is 5.69 Å². The van der Waals surface area contributed by atoms with Gasteiger partial charge in [-0.1, -0.05) is 30.3 Å². The Bertz CT molecular complexity index is 567. The maximum absolute atomic E-state index is 5.28. The van der Waals surface area contributed by atoms with Gasteiger partial charge < -0.3 is 14.8 Å². The summed E-state index contributed by atoms with van der Waals surface area (Å²) < 4.78 is 10.5. The molecular weight excluding hydrogens is 250 g/mol. The zero-order valence-electron chi connectivity index (χ0n) is 12.3. The molecule has 0 radical (unpaired) electrons. The highest BCUT2D eigenvalue weighted by atomic mass is 16.5. The van der Waals surface area contributed by atoms with Gasteiger partial charge in [0.05, 0.1) is 13.7 Å². The first-order chi connectivity index (χ1) is 9.74. The van der Waals surface area contributed by atoms with Crippen LogP contribution in [0.2, 0.25) is 0 Å². The Hall–Kier alpha value is -2.00. The van der Waals surface area contributed by atoms with E-state index in [9.17, 15) is 0 Å². The van der Waals surface area contributed by atoms with Crippen LogP contribution in [0.5, 0.6) is 5.75 Å². The summed E-state index contributed by atoms with van der Waals surface area (Å²) in [6.45, 7) is 3.46. The van der Waals surface area contributed by atoms with Crippen LogP contribution in [0.3, 0.4) is 0 Å². The lowest BCUT2D eigenvalue weighted by atomic mass is 10.1. The lowest BCUT2D eigenvalue weighted by Crippen LogP contribution is -2.03. The van der Waals surface area contributed by atoms with Crippen LogP contribution in [-0.2, 0) is 17.9 Å². The highest BCUT2D eigenvalue weighted by Crippen LogP contribution is 2.20. The molecule has 0 unspecified atom stereocenters. The fourth-order valence-electron chi connectivity index (χ4n) is 2.22. The fourth-order valence-corrected chi connectivity index (χ4v) is 2.22. The molecule has 0 aromatic heterocycles. The summed E-state index contributed by atoms with van der Waals surface area (Å²) in [6.07, 6.45) is 0. The number of hydrogen-bond acceptors (Lipinski definition) is 3. The average Bonchev–Trinajstić information content (AvgIpc) is 2.47. The normalized spacial score (nSPS) is 10.3. The standard InChI is InChI=1S/C17H21NO2/c1-13-10-14(8-9-17(13)20-3)11-18-16-7-5-4-6-15(16)12-19-2/h4-10,18H,11-12H2,1-3H3. The van der Waals surface area contributed by atoms with Crippen molar-refractivity contribution in [2.45, 2.75) is 20.1 Å². The van der Waals surface area contributed by atoms with Crippen LogP contribution in [-0.4, -0.2) is 14.2 Å². The minimum atomic E-state index is 0.616. The van der Waals surface area contributed by atoms with E-state index in [-0.39, 0.29) is 0 Å². The molecule has 106 valence electrons. The van der Waals surface area contributed by atoms with E-state index in [2.05, 4.69) is 36.5 Å².